The number of nitrogens with one attached hydrogen (secondary N) is 2. The number of aliphatic imine (C=N–C) groups is 1. The molecule has 0 aliphatic carbocycles. The number of nitrogens with zero attached hydrogens (tertiary/aromatic N) is 3. The number of aryl methyl sites for hydroxylation is 1. The van der Waals surface area contributed by atoms with Gasteiger partial charge in [-0.2, -0.15) is 5.26 Å². The molecule has 0 bridgehead atoms. The molecule has 3 amide bonds. The molecule has 0 radical (unpaired) electrons. The van der Waals surface area contributed by atoms with Crippen molar-refractivity contribution in [3.8, 4) is 6.07 Å². The van der Waals surface area contributed by atoms with E-state index in [0.717, 1.165) is 0 Å². The normalized spacial score (nSPS) is 15.1. The van der Waals surface area contributed by atoms with Gasteiger partial charge in [0.2, 0.25) is 11.8 Å². The van der Waals surface area contributed by atoms with E-state index in [1.807, 2.05) is 6.07 Å². The van der Waals surface area contributed by atoms with Gasteiger partial charge in [-0.1, -0.05) is 12.1 Å². The lowest BCUT2D eigenvalue weighted by atomic mass is 10.1. The number of nitriles is 1. The number of benzene rings is 1. The fourth-order valence-electron chi connectivity index (χ4n) is 2.43. The third kappa shape index (κ3) is 4.96. The maximum atomic E-state index is 12.1. The number of carbonyl (C=O) groups is 3. The molecule has 0 fully saturated rings. The summed E-state index contributed by atoms with van der Waals surface area (Å²) in [6.07, 6.45) is 4.96. The third-order valence-corrected chi connectivity index (χ3v) is 4.61. The fourth-order valence-corrected chi connectivity index (χ4v) is 3.18. The van der Waals surface area contributed by atoms with Gasteiger partial charge in [-0.3, -0.25) is 14.4 Å². The lowest BCUT2D eigenvalue weighted by molar-refractivity contribution is -0.128. The predicted molar refractivity (Wildman–Crippen MR) is 105 cm³/mol. The van der Waals surface area contributed by atoms with Gasteiger partial charge in [0.25, 0.3) is 5.91 Å². The van der Waals surface area contributed by atoms with Crippen LogP contribution in [0.1, 0.15) is 17.7 Å². The molecule has 1 aliphatic heterocycles. The van der Waals surface area contributed by atoms with Crippen molar-refractivity contribution >= 4 is 46.1 Å². The molecular weight excluding hydrogens is 378 g/mol. The van der Waals surface area contributed by atoms with Crippen LogP contribution in [0.3, 0.4) is 0 Å². The van der Waals surface area contributed by atoms with E-state index in [0.29, 0.717) is 28.5 Å². The summed E-state index contributed by atoms with van der Waals surface area (Å²) in [6, 6.07) is 8.67. The van der Waals surface area contributed by atoms with Crippen LogP contribution in [-0.4, -0.2) is 28.9 Å². The van der Waals surface area contributed by atoms with Crippen LogP contribution in [0.15, 0.2) is 46.8 Å². The first-order valence-electron chi connectivity index (χ1n) is 8.35. The molecule has 2 heterocycles. The molecule has 1 aromatic heterocycles. The Balaban J connectivity index is 1.50. The zero-order valence-corrected chi connectivity index (χ0v) is 15.4. The standard InChI is InChI=1S/C19H15N5O3S/c20-10-12-3-1-4-13(9-12)22-16(25)7-6-14-11-28-19(23-14)24-18(27)15-5-2-8-21-17(15)26/h1-5,8-9,11,15H,6-7H2,(H,22,25)(H,23,24,27). The number of carbonyl (C=O) groups excluding carboxylic acids is 3. The predicted octanol–water partition coefficient (Wildman–Crippen LogP) is 2.31. The Labute approximate surface area is 164 Å². The van der Waals surface area contributed by atoms with Gasteiger partial charge in [-0.25, -0.2) is 9.98 Å². The van der Waals surface area contributed by atoms with E-state index in [1.165, 1.54) is 23.6 Å². The van der Waals surface area contributed by atoms with Crippen molar-refractivity contribution in [3.05, 3.63) is 53.1 Å². The maximum absolute atomic E-state index is 12.1. The van der Waals surface area contributed by atoms with Crippen LogP contribution in [0.5, 0.6) is 0 Å². The number of amides is 3. The number of hydrogen-bond acceptors (Lipinski definition) is 6. The van der Waals surface area contributed by atoms with Crippen molar-refractivity contribution in [1.82, 2.24) is 4.98 Å². The van der Waals surface area contributed by atoms with E-state index >= 15 is 0 Å². The van der Waals surface area contributed by atoms with E-state index < -0.39 is 17.7 Å². The molecule has 28 heavy (non-hydrogen) atoms. The second kappa shape index (κ2) is 8.83. The van der Waals surface area contributed by atoms with Crippen molar-refractivity contribution < 1.29 is 14.4 Å². The summed E-state index contributed by atoms with van der Waals surface area (Å²) >= 11 is 1.22. The monoisotopic (exact) mass is 393 g/mol. The Morgan fingerprint density at radius 2 is 2.14 bits per heavy atom. The molecule has 2 N–H and O–H groups in total. The molecule has 1 unspecified atom stereocenters. The molecule has 1 atom stereocenters. The average Bonchev–Trinajstić information content (AvgIpc) is 3.14. The summed E-state index contributed by atoms with van der Waals surface area (Å²) in [7, 11) is 0. The molecule has 140 valence electrons. The fraction of sp³-hybridized carbons (Fsp3) is 0.158. The van der Waals surface area contributed by atoms with Gasteiger partial charge < -0.3 is 10.6 Å². The van der Waals surface area contributed by atoms with Crippen molar-refractivity contribution in [2.24, 2.45) is 10.9 Å². The summed E-state index contributed by atoms with van der Waals surface area (Å²) in [5.74, 6) is -2.17. The Hall–Kier alpha value is -3.64. The minimum absolute atomic E-state index is 0.201. The molecule has 0 saturated heterocycles. The lowest BCUT2D eigenvalue weighted by Gasteiger charge is -2.09. The zero-order valence-electron chi connectivity index (χ0n) is 14.6. The average molecular weight is 393 g/mol. The van der Waals surface area contributed by atoms with Gasteiger partial charge in [0.1, 0.15) is 5.92 Å². The number of anilines is 2. The highest BCUT2D eigenvalue weighted by Crippen LogP contribution is 2.19. The second-order valence-electron chi connectivity index (χ2n) is 5.85. The van der Waals surface area contributed by atoms with Crippen LogP contribution >= 0.6 is 11.3 Å². The van der Waals surface area contributed by atoms with Gasteiger partial charge in [-0.05, 0) is 30.7 Å². The van der Waals surface area contributed by atoms with Crippen molar-refractivity contribution in [2.75, 3.05) is 10.6 Å². The van der Waals surface area contributed by atoms with E-state index in [9.17, 15) is 14.4 Å². The minimum atomic E-state index is -0.952. The third-order valence-electron chi connectivity index (χ3n) is 3.81. The van der Waals surface area contributed by atoms with Crippen molar-refractivity contribution in [1.29, 1.82) is 5.26 Å². The summed E-state index contributed by atoms with van der Waals surface area (Å²) in [5, 5.41) is 16.3. The smallest absolute Gasteiger partial charge is 0.262 e. The molecular formula is C19H15N5O3S. The highest BCUT2D eigenvalue weighted by molar-refractivity contribution is 7.13. The molecule has 1 aromatic carbocycles. The second-order valence-corrected chi connectivity index (χ2v) is 6.71. The van der Waals surface area contributed by atoms with Crippen LogP contribution in [-0.2, 0) is 20.8 Å². The minimum Gasteiger partial charge on any atom is -0.326 e. The number of allylic oxidation sites excluding steroid dienone is 1. The van der Waals surface area contributed by atoms with Crippen molar-refractivity contribution in [2.45, 2.75) is 12.8 Å². The quantitative estimate of drug-likeness (QED) is 0.729. The highest BCUT2D eigenvalue weighted by atomic mass is 32.1. The molecule has 2 aromatic rings. The highest BCUT2D eigenvalue weighted by Gasteiger charge is 2.25. The molecule has 1 aliphatic rings. The summed E-state index contributed by atoms with van der Waals surface area (Å²) < 4.78 is 0. The SMILES string of the molecule is N#Cc1cccc(NC(=O)CCc2csc(NC(=O)C3C=CC=NC3=O)n2)c1. The lowest BCUT2D eigenvalue weighted by Crippen LogP contribution is -2.28. The van der Waals surface area contributed by atoms with Gasteiger partial charge >= 0.3 is 0 Å². The Kier molecular flexibility index (Phi) is 6.04. The zero-order chi connectivity index (χ0) is 19.9. The summed E-state index contributed by atoms with van der Waals surface area (Å²) in [5.41, 5.74) is 1.68. The van der Waals surface area contributed by atoms with Gasteiger partial charge in [-0.15, -0.1) is 11.3 Å². The number of hydrogen-bond donors (Lipinski definition) is 2. The Morgan fingerprint density at radius 1 is 1.29 bits per heavy atom. The van der Waals surface area contributed by atoms with Crippen LogP contribution in [0, 0.1) is 17.2 Å². The van der Waals surface area contributed by atoms with E-state index in [-0.39, 0.29) is 12.3 Å². The first-order valence-corrected chi connectivity index (χ1v) is 9.23. The van der Waals surface area contributed by atoms with E-state index in [1.54, 1.807) is 35.7 Å². The number of dihydropyridines is 1. The Bertz CT molecular complexity index is 1020. The van der Waals surface area contributed by atoms with Gasteiger partial charge in [0.05, 0.1) is 17.3 Å². The van der Waals surface area contributed by atoms with E-state index in [2.05, 4.69) is 20.6 Å². The first-order chi connectivity index (χ1) is 13.5. The van der Waals surface area contributed by atoms with Gasteiger partial charge in [0, 0.05) is 23.7 Å². The summed E-state index contributed by atoms with van der Waals surface area (Å²) in [4.78, 5) is 43.7. The van der Waals surface area contributed by atoms with Crippen LogP contribution in [0.25, 0.3) is 0 Å². The Morgan fingerprint density at radius 3 is 2.93 bits per heavy atom. The number of rotatable bonds is 6. The molecule has 3 rings (SSSR count). The van der Waals surface area contributed by atoms with Crippen LogP contribution in [0.4, 0.5) is 10.8 Å². The molecule has 9 heteroatoms. The number of aromatic nitrogens is 1. The molecule has 8 nitrogen and oxygen atoms in total. The summed E-state index contributed by atoms with van der Waals surface area (Å²) in [6.45, 7) is 0. The van der Waals surface area contributed by atoms with Gasteiger partial charge in [0.15, 0.2) is 5.13 Å². The maximum Gasteiger partial charge on any atom is 0.262 e. The molecule has 0 saturated carbocycles. The number of thiazole rings is 1. The van der Waals surface area contributed by atoms with Crippen molar-refractivity contribution in [3.63, 3.8) is 0 Å². The molecule has 0 spiro atoms. The van der Waals surface area contributed by atoms with Crippen LogP contribution in [0.2, 0.25) is 0 Å². The largest absolute Gasteiger partial charge is 0.326 e. The topological polar surface area (TPSA) is 124 Å². The van der Waals surface area contributed by atoms with Crippen LogP contribution < -0.4 is 10.6 Å². The van der Waals surface area contributed by atoms with E-state index in [4.69, 9.17) is 5.26 Å². The first kappa shape index (κ1) is 19.1.